The van der Waals surface area contributed by atoms with Crippen molar-refractivity contribution in [3.05, 3.63) is 65.5 Å². The van der Waals surface area contributed by atoms with Crippen LogP contribution in [0.2, 0.25) is 0 Å². The van der Waals surface area contributed by atoms with Crippen molar-refractivity contribution in [2.75, 3.05) is 41.9 Å². The molecule has 34 heavy (non-hydrogen) atoms. The molecule has 8 heteroatoms. The summed E-state index contributed by atoms with van der Waals surface area (Å²) in [6.07, 6.45) is 4.10. The van der Waals surface area contributed by atoms with Crippen molar-refractivity contribution in [3.8, 4) is 5.75 Å². The zero-order valence-corrected chi connectivity index (χ0v) is 19.8. The molecule has 1 unspecified atom stereocenters. The Bertz CT molecular complexity index is 1290. The van der Waals surface area contributed by atoms with Crippen LogP contribution >= 0.6 is 0 Å². The first-order valence-corrected chi connectivity index (χ1v) is 11.4. The molecule has 174 valence electrons. The Labute approximate surface area is 198 Å². The lowest BCUT2D eigenvalue weighted by atomic mass is 10.0. The number of fused-ring (bicyclic) bond motifs is 3. The van der Waals surface area contributed by atoms with Crippen LogP contribution in [0.3, 0.4) is 0 Å². The van der Waals surface area contributed by atoms with E-state index in [1.807, 2.05) is 55.1 Å². The monoisotopic (exact) mass is 457 g/mol. The van der Waals surface area contributed by atoms with Gasteiger partial charge in [0.1, 0.15) is 11.6 Å². The fourth-order valence-corrected chi connectivity index (χ4v) is 4.76. The molecule has 0 aliphatic carbocycles. The topological polar surface area (TPSA) is 78.9 Å². The molecule has 1 aromatic carbocycles. The van der Waals surface area contributed by atoms with Gasteiger partial charge in [0.05, 0.1) is 29.5 Å². The third-order valence-electron chi connectivity index (χ3n) is 6.60. The Morgan fingerprint density at radius 3 is 2.59 bits per heavy atom. The number of hydrogen-bond acceptors (Lipinski definition) is 6. The first kappa shape index (κ1) is 21.9. The molecule has 4 heterocycles. The molecule has 3 aromatic rings. The zero-order valence-electron chi connectivity index (χ0n) is 19.8. The van der Waals surface area contributed by atoms with Crippen LogP contribution < -0.4 is 19.4 Å². The van der Waals surface area contributed by atoms with Gasteiger partial charge < -0.3 is 19.4 Å². The van der Waals surface area contributed by atoms with Gasteiger partial charge in [0.2, 0.25) is 5.91 Å². The molecule has 2 amide bonds. The highest BCUT2D eigenvalue weighted by Gasteiger charge is 2.34. The number of anilines is 4. The summed E-state index contributed by atoms with van der Waals surface area (Å²) < 4.78 is 6.11. The standard InChI is InChI=1S/C26H27N5O3/c1-5-31-23-18(26(33)30(4)20-9-7-12-27-24(20)31)14-17(15-28-23)11-13-34-21-10-6-8-19-22(21)16(2)25(32)29(19)3/h6-10,12,14-16H,5,11,13H2,1-4H3. The Balaban J connectivity index is 1.39. The SMILES string of the molecule is CCN1c2ncc(CCOc3cccc4c3C(C)C(=O)N4C)cc2C(=O)N(C)c2cccnc21. The van der Waals surface area contributed by atoms with Gasteiger partial charge in [0.25, 0.3) is 5.91 Å². The van der Waals surface area contributed by atoms with Crippen LogP contribution in [0.1, 0.15) is 41.3 Å². The van der Waals surface area contributed by atoms with E-state index in [0.29, 0.717) is 31.0 Å². The molecule has 0 N–H and O–H groups in total. The molecular formula is C26H27N5O3. The summed E-state index contributed by atoms with van der Waals surface area (Å²) in [5, 5.41) is 0. The van der Waals surface area contributed by atoms with Crippen molar-refractivity contribution in [2.24, 2.45) is 0 Å². The van der Waals surface area contributed by atoms with E-state index in [0.717, 1.165) is 34.1 Å². The predicted molar refractivity (Wildman–Crippen MR) is 131 cm³/mol. The van der Waals surface area contributed by atoms with Crippen LogP contribution in [-0.4, -0.2) is 49.0 Å². The van der Waals surface area contributed by atoms with Crippen molar-refractivity contribution >= 4 is 34.8 Å². The number of carbonyl (C=O) groups is 2. The highest BCUT2D eigenvalue weighted by Crippen LogP contribution is 2.42. The van der Waals surface area contributed by atoms with Gasteiger partial charge in [-0.3, -0.25) is 9.59 Å². The van der Waals surface area contributed by atoms with E-state index in [-0.39, 0.29) is 17.7 Å². The third-order valence-corrected chi connectivity index (χ3v) is 6.60. The number of ether oxygens (including phenoxy) is 1. The smallest absolute Gasteiger partial charge is 0.261 e. The Morgan fingerprint density at radius 2 is 1.79 bits per heavy atom. The molecule has 0 saturated heterocycles. The number of amides is 2. The van der Waals surface area contributed by atoms with E-state index in [1.54, 1.807) is 36.3 Å². The van der Waals surface area contributed by atoms with Crippen LogP contribution in [0.15, 0.2) is 48.8 Å². The van der Waals surface area contributed by atoms with Crippen LogP contribution in [0.5, 0.6) is 5.75 Å². The molecule has 0 saturated carbocycles. The molecular weight excluding hydrogens is 430 g/mol. The minimum Gasteiger partial charge on any atom is -0.493 e. The Kier molecular flexibility index (Phi) is 5.43. The van der Waals surface area contributed by atoms with Crippen LogP contribution in [0.4, 0.5) is 23.0 Å². The van der Waals surface area contributed by atoms with Crippen molar-refractivity contribution < 1.29 is 14.3 Å². The van der Waals surface area contributed by atoms with Crippen molar-refractivity contribution in [2.45, 2.75) is 26.2 Å². The van der Waals surface area contributed by atoms with E-state index in [9.17, 15) is 9.59 Å². The summed E-state index contributed by atoms with van der Waals surface area (Å²) in [4.78, 5) is 40.1. The quantitative estimate of drug-likeness (QED) is 0.578. The molecule has 0 spiro atoms. The van der Waals surface area contributed by atoms with Crippen LogP contribution in [-0.2, 0) is 11.2 Å². The number of benzene rings is 1. The van der Waals surface area contributed by atoms with Gasteiger partial charge in [0, 0.05) is 45.0 Å². The summed E-state index contributed by atoms with van der Waals surface area (Å²) >= 11 is 0. The van der Waals surface area contributed by atoms with Gasteiger partial charge in [-0.2, -0.15) is 0 Å². The lowest BCUT2D eigenvalue weighted by Gasteiger charge is -2.22. The normalized spacial score (nSPS) is 16.8. The number of pyridine rings is 2. The van der Waals surface area contributed by atoms with Crippen LogP contribution in [0.25, 0.3) is 0 Å². The fraction of sp³-hybridized carbons (Fsp3) is 0.308. The van der Waals surface area contributed by atoms with Gasteiger partial charge in [-0.25, -0.2) is 9.97 Å². The van der Waals surface area contributed by atoms with Gasteiger partial charge in [-0.15, -0.1) is 0 Å². The molecule has 8 nitrogen and oxygen atoms in total. The molecule has 0 bridgehead atoms. The van der Waals surface area contributed by atoms with E-state index < -0.39 is 0 Å². The maximum Gasteiger partial charge on any atom is 0.261 e. The largest absolute Gasteiger partial charge is 0.493 e. The molecule has 2 aliphatic rings. The first-order valence-electron chi connectivity index (χ1n) is 11.4. The van der Waals surface area contributed by atoms with Crippen molar-refractivity contribution in [3.63, 3.8) is 0 Å². The Hall–Kier alpha value is -3.94. The average molecular weight is 458 g/mol. The maximum absolute atomic E-state index is 13.3. The average Bonchev–Trinajstić information content (AvgIpc) is 3.03. The van der Waals surface area contributed by atoms with E-state index >= 15 is 0 Å². The van der Waals surface area contributed by atoms with E-state index in [4.69, 9.17) is 4.74 Å². The second kappa shape index (κ2) is 8.44. The number of carbonyl (C=O) groups excluding carboxylic acids is 2. The summed E-state index contributed by atoms with van der Waals surface area (Å²) in [5.41, 5.74) is 4.02. The predicted octanol–water partition coefficient (Wildman–Crippen LogP) is 3.93. The van der Waals surface area contributed by atoms with Crippen molar-refractivity contribution in [1.29, 1.82) is 0 Å². The number of rotatable bonds is 5. The number of aromatic nitrogens is 2. The third kappa shape index (κ3) is 3.37. The molecule has 2 aromatic heterocycles. The molecule has 0 fully saturated rings. The van der Waals surface area contributed by atoms with E-state index in [2.05, 4.69) is 9.97 Å². The highest BCUT2D eigenvalue weighted by atomic mass is 16.5. The second-order valence-electron chi connectivity index (χ2n) is 8.58. The highest BCUT2D eigenvalue weighted by molar-refractivity contribution is 6.12. The lowest BCUT2D eigenvalue weighted by molar-refractivity contribution is -0.118. The lowest BCUT2D eigenvalue weighted by Crippen LogP contribution is -2.25. The minimum absolute atomic E-state index is 0.0691. The van der Waals surface area contributed by atoms with Crippen molar-refractivity contribution in [1.82, 2.24) is 9.97 Å². The Morgan fingerprint density at radius 1 is 1.00 bits per heavy atom. The zero-order chi connectivity index (χ0) is 24.0. The minimum atomic E-state index is -0.228. The van der Waals surface area contributed by atoms with Gasteiger partial charge in [-0.05, 0) is 49.7 Å². The van der Waals surface area contributed by atoms with Gasteiger partial charge in [0.15, 0.2) is 5.82 Å². The second-order valence-corrected chi connectivity index (χ2v) is 8.58. The fourth-order valence-electron chi connectivity index (χ4n) is 4.76. The van der Waals surface area contributed by atoms with Gasteiger partial charge >= 0.3 is 0 Å². The number of likely N-dealkylation sites (N-methyl/N-ethyl adjacent to an activating group) is 1. The molecule has 1 atom stereocenters. The summed E-state index contributed by atoms with van der Waals surface area (Å²) in [5.74, 6) is 1.77. The van der Waals surface area contributed by atoms with Crippen LogP contribution in [0, 0.1) is 0 Å². The van der Waals surface area contributed by atoms with Gasteiger partial charge in [-0.1, -0.05) is 6.07 Å². The molecule has 0 radical (unpaired) electrons. The number of nitrogens with zero attached hydrogens (tertiary/aromatic N) is 5. The summed E-state index contributed by atoms with van der Waals surface area (Å²) in [6, 6.07) is 11.4. The molecule has 2 aliphatic heterocycles. The summed E-state index contributed by atoms with van der Waals surface area (Å²) in [6.45, 7) is 4.97. The van der Waals surface area contributed by atoms with E-state index in [1.165, 1.54) is 0 Å². The maximum atomic E-state index is 13.3. The summed E-state index contributed by atoms with van der Waals surface area (Å²) in [7, 11) is 3.55. The number of hydrogen-bond donors (Lipinski definition) is 0. The molecule has 5 rings (SSSR count). The first-order chi connectivity index (χ1) is 16.4.